The molecule has 0 aliphatic rings. The molecule has 148 valence electrons. The number of ether oxygens (including phenoxy) is 2. The van der Waals surface area contributed by atoms with Crippen LogP contribution in [-0.4, -0.2) is 31.9 Å². The lowest BCUT2D eigenvalue weighted by Gasteiger charge is -2.12. The maximum atomic E-state index is 12.0. The molecule has 8 heteroatoms. The highest BCUT2D eigenvalue weighted by Gasteiger charge is 2.14. The second-order valence-electron chi connectivity index (χ2n) is 5.98. The molecule has 2 amide bonds. The van der Waals surface area contributed by atoms with Crippen molar-refractivity contribution in [2.75, 3.05) is 20.8 Å². The van der Waals surface area contributed by atoms with Crippen LogP contribution in [0.1, 0.15) is 16.5 Å². The molecule has 2 aromatic heterocycles. The van der Waals surface area contributed by atoms with E-state index >= 15 is 0 Å². The summed E-state index contributed by atoms with van der Waals surface area (Å²) in [5, 5.41) is 17.6. The van der Waals surface area contributed by atoms with Gasteiger partial charge in [0, 0.05) is 22.4 Å². The van der Waals surface area contributed by atoms with Crippen molar-refractivity contribution in [3.05, 3.63) is 58.5 Å². The van der Waals surface area contributed by atoms with Crippen molar-refractivity contribution in [2.24, 2.45) is 0 Å². The quantitative estimate of drug-likeness (QED) is 0.536. The number of carbonyl (C=O) groups excluding carboxylic acids is 1. The molecule has 0 spiro atoms. The van der Waals surface area contributed by atoms with Gasteiger partial charge in [-0.3, -0.25) is 0 Å². The minimum absolute atomic E-state index is 0.107. The van der Waals surface area contributed by atoms with E-state index in [1.165, 1.54) is 11.3 Å². The Morgan fingerprint density at radius 3 is 2.71 bits per heavy atom. The average Bonchev–Trinajstić information content (AvgIpc) is 3.41. The van der Waals surface area contributed by atoms with Gasteiger partial charge in [0.25, 0.3) is 0 Å². The Morgan fingerprint density at radius 2 is 2.00 bits per heavy atom. The topological polar surface area (TPSA) is 93.0 Å². The Bertz CT molecular complexity index is 907. The zero-order valence-corrected chi connectivity index (χ0v) is 16.4. The summed E-state index contributed by atoms with van der Waals surface area (Å²) in [6.45, 7) is 0.430. The lowest BCUT2D eigenvalue weighted by Crippen LogP contribution is -2.37. The van der Waals surface area contributed by atoms with Crippen molar-refractivity contribution in [3.8, 4) is 22.8 Å². The van der Waals surface area contributed by atoms with E-state index in [9.17, 15) is 9.90 Å². The van der Waals surface area contributed by atoms with Gasteiger partial charge < -0.3 is 29.6 Å². The summed E-state index contributed by atoms with van der Waals surface area (Å²) >= 11 is 1.42. The molecular formula is C20H22N2O5S. The highest BCUT2D eigenvalue weighted by molar-refractivity contribution is 7.10. The zero-order valence-electron chi connectivity index (χ0n) is 15.6. The number of carbonyl (C=O) groups is 1. The van der Waals surface area contributed by atoms with Gasteiger partial charge in [0.15, 0.2) is 11.5 Å². The number of rotatable bonds is 8. The Balaban J connectivity index is 1.48. The summed E-state index contributed by atoms with van der Waals surface area (Å²) in [5.41, 5.74) is 1.77. The predicted octanol–water partition coefficient (Wildman–Crippen LogP) is 3.56. The van der Waals surface area contributed by atoms with E-state index in [2.05, 4.69) is 10.6 Å². The van der Waals surface area contributed by atoms with Crippen molar-refractivity contribution in [1.82, 2.24) is 10.6 Å². The third kappa shape index (κ3) is 4.85. The first-order chi connectivity index (χ1) is 13.6. The van der Waals surface area contributed by atoms with E-state index in [0.29, 0.717) is 18.0 Å². The number of urea groups is 1. The van der Waals surface area contributed by atoms with Gasteiger partial charge in [0.1, 0.15) is 11.9 Å². The molecule has 28 heavy (non-hydrogen) atoms. The Hall–Kier alpha value is -2.97. The number of hydrogen-bond acceptors (Lipinski definition) is 6. The van der Waals surface area contributed by atoms with Crippen molar-refractivity contribution in [3.63, 3.8) is 0 Å². The number of furan rings is 1. The molecule has 1 unspecified atom stereocenters. The van der Waals surface area contributed by atoms with E-state index in [1.54, 1.807) is 32.6 Å². The standard InChI is InChI=1S/C20H22N2O5S/c1-25-17-6-5-13(8-18(17)26-2)10-21-20(24)22-11-15(23)19-9-14(12-28-19)16-4-3-7-27-16/h3-9,12,15,23H,10-11H2,1-2H3,(H2,21,22,24). The molecule has 0 bridgehead atoms. The number of benzene rings is 1. The van der Waals surface area contributed by atoms with E-state index in [-0.39, 0.29) is 12.6 Å². The number of aliphatic hydroxyl groups is 1. The van der Waals surface area contributed by atoms with Crippen LogP contribution in [0.25, 0.3) is 11.3 Å². The minimum atomic E-state index is -0.791. The molecule has 0 saturated carbocycles. The van der Waals surface area contributed by atoms with Gasteiger partial charge in [-0.1, -0.05) is 6.07 Å². The van der Waals surface area contributed by atoms with Gasteiger partial charge in [-0.15, -0.1) is 11.3 Å². The van der Waals surface area contributed by atoms with Crippen molar-refractivity contribution >= 4 is 17.4 Å². The molecule has 0 saturated heterocycles. The Kier molecular flexibility index (Phi) is 6.57. The first kappa shape index (κ1) is 19.8. The van der Waals surface area contributed by atoms with Crippen LogP contribution in [0.15, 0.2) is 52.5 Å². The van der Waals surface area contributed by atoms with E-state index in [4.69, 9.17) is 13.9 Å². The van der Waals surface area contributed by atoms with E-state index < -0.39 is 6.10 Å². The number of amides is 2. The largest absolute Gasteiger partial charge is 0.493 e. The summed E-state index contributed by atoms with van der Waals surface area (Å²) < 4.78 is 15.8. The monoisotopic (exact) mass is 402 g/mol. The molecule has 7 nitrogen and oxygen atoms in total. The van der Waals surface area contributed by atoms with Crippen molar-refractivity contribution in [2.45, 2.75) is 12.6 Å². The third-order valence-corrected chi connectivity index (χ3v) is 5.14. The maximum absolute atomic E-state index is 12.0. The van der Waals surface area contributed by atoms with Crippen LogP contribution < -0.4 is 20.1 Å². The number of aliphatic hydroxyl groups excluding tert-OH is 1. The van der Waals surface area contributed by atoms with Gasteiger partial charge >= 0.3 is 6.03 Å². The molecule has 1 aromatic carbocycles. The summed E-state index contributed by atoms with van der Waals surface area (Å²) in [5.74, 6) is 1.97. The van der Waals surface area contributed by atoms with Gasteiger partial charge in [0.2, 0.25) is 0 Å². The molecule has 1 atom stereocenters. The van der Waals surface area contributed by atoms with Crippen LogP contribution in [-0.2, 0) is 6.54 Å². The number of nitrogens with one attached hydrogen (secondary N) is 2. The first-order valence-corrected chi connectivity index (χ1v) is 9.51. The van der Waals surface area contributed by atoms with Crippen LogP contribution in [0, 0.1) is 0 Å². The smallest absolute Gasteiger partial charge is 0.315 e. The van der Waals surface area contributed by atoms with E-state index in [1.807, 2.05) is 29.6 Å². The minimum Gasteiger partial charge on any atom is -0.493 e. The Morgan fingerprint density at radius 1 is 1.18 bits per heavy atom. The second kappa shape index (κ2) is 9.29. The summed E-state index contributed by atoms with van der Waals surface area (Å²) in [6.07, 6.45) is 0.813. The molecule has 3 rings (SSSR count). The molecule has 0 fully saturated rings. The van der Waals surface area contributed by atoms with Crippen LogP contribution in [0.4, 0.5) is 4.79 Å². The summed E-state index contributed by atoms with van der Waals surface area (Å²) in [6, 6.07) is 10.6. The zero-order chi connectivity index (χ0) is 19.9. The second-order valence-corrected chi connectivity index (χ2v) is 6.93. The molecule has 0 aliphatic carbocycles. The molecular weight excluding hydrogens is 380 g/mol. The first-order valence-electron chi connectivity index (χ1n) is 8.63. The normalized spacial score (nSPS) is 11.7. The van der Waals surface area contributed by atoms with Crippen LogP contribution in [0.2, 0.25) is 0 Å². The molecule has 2 heterocycles. The predicted molar refractivity (Wildman–Crippen MR) is 107 cm³/mol. The van der Waals surface area contributed by atoms with Crippen LogP contribution >= 0.6 is 11.3 Å². The van der Waals surface area contributed by atoms with Crippen LogP contribution in [0.5, 0.6) is 11.5 Å². The summed E-state index contributed by atoms with van der Waals surface area (Å²) in [4.78, 5) is 12.8. The van der Waals surface area contributed by atoms with Gasteiger partial charge in [0.05, 0.1) is 27.0 Å². The number of thiophene rings is 1. The maximum Gasteiger partial charge on any atom is 0.315 e. The number of hydrogen-bond donors (Lipinski definition) is 3. The molecule has 0 aliphatic heterocycles. The van der Waals surface area contributed by atoms with Gasteiger partial charge in [-0.25, -0.2) is 4.79 Å². The summed E-state index contributed by atoms with van der Waals surface area (Å²) in [7, 11) is 3.13. The number of methoxy groups -OCH3 is 2. The fourth-order valence-electron chi connectivity index (χ4n) is 2.62. The van der Waals surface area contributed by atoms with Crippen molar-refractivity contribution in [1.29, 1.82) is 0 Å². The average molecular weight is 402 g/mol. The van der Waals surface area contributed by atoms with Gasteiger partial charge in [-0.05, 0) is 35.9 Å². The van der Waals surface area contributed by atoms with E-state index in [0.717, 1.165) is 21.8 Å². The molecule has 3 aromatic rings. The van der Waals surface area contributed by atoms with Crippen molar-refractivity contribution < 1.29 is 23.8 Å². The highest BCUT2D eigenvalue weighted by atomic mass is 32.1. The molecule has 0 radical (unpaired) electrons. The third-order valence-electron chi connectivity index (χ3n) is 4.11. The highest BCUT2D eigenvalue weighted by Crippen LogP contribution is 2.29. The lowest BCUT2D eigenvalue weighted by molar-refractivity contribution is 0.176. The van der Waals surface area contributed by atoms with Crippen LogP contribution in [0.3, 0.4) is 0 Å². The SMILES string of the molecule is COc1ccc(CNC(=O)NCC(O)c2cc(-c3ccco3)cs2)cc1OC. The fourth-order valence-corrected chi connectivity index (χ4v) is 3.51. The van der Waals surface area contributed by atoms with Gasteiger partial charge in [-0.2, -0.15) is 0 Å². The fraction of sp³-hybridized carbons (Fsp3) is 0.250. The lowest BCUT2D eigenvalue weighted by atomic mass is 10.2. The Labute approximate surface area is 166 Å². The molecule has 3 N–H and O–H groups in total.